The smallest absolute Gasteiger partial charge is 0.274 e. The summed E-state index contributed by atoms with van der Waals surface area (Å²) in [7, 11) is 0. The van der Waals surface area contributed by atoms with Gasteiger partial charge in [0.2, 0.25) is 0 Å². The summed E-state index contributed by atoms with van der Waals surface area (Å²) in [5.41, 5.74) is 2.43. The van der Waals surface area contributed by atoms with E-state index < -0.39 is 0 Å². The summed E-state index contributed by atoms with van der Waals surface area (Å²) in [4.78, 5) is 14.8. The molecule has 0 saturated carbocycles. The molecule has 0 unspecified atom stereocenters. The first-order chi connectivity index (χ1) is 10.5. The van der Waals surface area contributed by atoms with Crippen molar-refractivity contribution >= 4 is 5.91 Å². The minimum Gasteiger partial charge on any atom is -0.329 e. The number of piperidine rings is 1. The van der Waals surface area contributed by atoms with Crippen molar-refractivity contribution < 1.29 is 4.79 Å². The zero-order chi connectivity index (χ0) is 15.7. The molecule has 118 valence electrons. The van der Waals surface area contributed by atoms with Crippen molar-refractivity contribution in [3.63, 3.8) is 0 Å². The number of carbonyl (C=O) groups is 1. The quantitative estimate of drug-likeness (QED) is 0.895. The number of likely N-dealkylation sites (tertiary alicyclic amines) is 1. The number of nitrogens with zero attached hydrogens (tertiary/aromatic N) is 3. The molecule has 22 heavy (non-hydrogen) atoms. The molecule has 2 aromatic heterocycles. The van der Waals surface area contributed by atoms with Gasteiger partial charge in [-0.25, -0.2) is 0 Å². The van der Waals surface area contributed by atoms with Crippen LogP contribution in [0.5, 0.6) is 0 Å². The van der Waals surface area contributed by atoms with Crippen molar-refractivity contribution in [3.8, 4) is 0 Å². The van der Waals surface area contributed by atoms with E-state index in [0.717, 1.165) is 37.2 Å². The maximum Gasteiger partial charge on any atom is 0.274 e. The molecule has 1 aliphatic rings. The Balaban J connectivity index is 1.84. The fourth-order valence-electron chi connectivity index (χ4n) is 2.91. The molecule has 1 saturated heterocycles. The number of nitrogens with one attached hydrogen (secondary N) is 2. The number of rotatable bonds is 2. The molecule has 1 fully saturated rings. The Morgan fingerprint density at radius 2 is 2.14 bits per heavy atom. The molecule has 2 N–H and O–H groups in total. The normalized spacial score (nSPS) is 19.4. The number of H-pyrrole nitrogens is 2. The van der Waals surface area contributed by atoms with Gasteiger partial charge in [-0.15, -0.1) is 0 Å². The van der Waals surface area contributed by atoms with Gasteiger partial charge in [0.05, 0.1) is 11.7 Å². The molecule has 3 rings (SSSR count). The lowest BCUT2D eigenvalue weighted by Crippen LogP contribution is -2.38. The van der Waals surface area contributed by atoms with Crippen molar-refractivity contribution in [3.05, 3.63) is 35.4 Å². The Bertz CT molecular complexity index is 638. The lowest BCUT2D eigenvalue weighted by atomic mass is 9.92. The highest BCUT2D eigenvalue weighted by Crippen LogP contribution is 2.31. The van der Waals surface area contributed by atoms with E-state index in [-0.39, 0.29) is 17.4 Å². The first-order valence-corrected chi connectivity index (χ1v) is 7.83. The van der Waals surface area contributed by atoms with Crippen LogP contribution in [-0.2, 0) is 5.41 Å². The number of carbonyl (C=O) groups excluding carboxylic acids is 1. The van der Waals surface area contributed by atoms with Crippen LogP contribution in [0.2, 0.25) is 0 Å². The number of aromatic amines is 2. The SMILES string of the molecule is CC(C)(C)c1cc(C(=O)N2CCCC[C@@H]2c2ccn[nH]2)n[nH]1. The third-order valence-corrected chi connectivity index (χ3v) is 4.25. The van der Waals surface area contributed by atoms with Gasteiger partial charge in [0.1, 0.15) is 5.69 Å². The molecular weight excluding hydrogens is 278 g/mol. The third kappa shape index (κ3) is 2.77. The second-order valence-electron chi connectivity index (χ2n) is 6.94. The van der Waals surface area contributed by atoms with Crippen molar-refractivity contribution in [1.29, 1.82) is 0 Å². The van der Waals surface area contributed by atoms with Gasteiger partial charge in [-0.1, -0.05) is 20.8 Å². The molecule has 1 amide bonds. The second kappa shape index (κ2) is 5.59. The van der Waals surface area contributed by atoms with E-state index in [1.54, 1.807) is 6.20 Å². The van der Waals surface area contributed by atoms with Gasteiger partial charge in [0, 0.05) is 23.9 Å². The van der Waals surface area contributed by atoms with Crippen LogP contribution in [0.25, 0.3) is 0 Å². The monoisotopic (exact) mass is 301 g/mol. The molecule has 0 aromatic carbocycles. The van der Waals surface area contributed by atoms with Gasteiger partial charge in [0.25, 0.3) is 5.91 Å². The van der Waals surface area contributed by atoms with Crippen molar-refractivity contribution in [2.45, 2.75) is 51.5 Å². The van der Waals surface area contributed by atoms with E-state index in [4.69, 9.17) is 0 Å². The zero-order valence-corrected chi connectivity index (χ0v) is 13.4. The summed E-state index contributed by atoms with van der Waals surface area (Å²) >= 11 is 0. The van der Waals surface area contributed by atoms with Crippen molar-refractivity contribution in [2.75, 3.05) is 6.54 Å². The summed E-state index contributed by atoms with van der Waals surface area (Å²) in [5, 5.41) is 14.2. The number of hydrogen-bond acceptors (Lipinski definition) is 3. The van der Waals surface area contributed by atoms with E-state index in [0.29, 0.717) is 5.69 Å². The van der Waals surface area contributed by atoms with Gasteiger partial charge in [0.15, 0.2) is 0 Å². The number of amides is 1. The molecule has 2 aromatic rings. The van der Waals surface area contributed by atoms with E-state index in [2.05, 4.69) is 41.2 Å². The van der Waals surface area contributed by atoms with Crippen LogP contribution in [0.3, 0.4) is 0 Å². The van der Waals surface area contributed by atoms with Crippen LogP contribution in [0.15, 0.2) is 18.3 Å². The van der Waals surface area contributed by atoms with E-state index in [1.807, 2.05) is 17.0 Å². The lowest BCUT2D eigenvalue weighted by molar-refractivity contribution is 0.0600. The maximum absolute atomic E-state index is 12.9. The molecule has 6 heteroatoms. The van der Waals surface area contributed by atoms with Crippen LogP contribution >= 0.6 is 0 Å². The first kappa shape index (κ1) is 14.8. The molecule has 3 heterocycles. The molecular formula is C16H23N5O. The summed E-state index contributed by atoms with van der Waals surface area (Å²) in [5.74, 6) is -0.00829. The van der Waals surface area contributed by atoms with Gasteiger partial charge >= 0.3 is 0 Å². The molecule has 0 radical (unpaired) electrons. The maximum atomic E-state index is 12.9. The summed E-state index contributed by atoms with van der Waals surface area (Å²) in [6, 6.07) is 3.89. The van der Waals surface area contributed by atoms with Gasteiger partial charge < -0.3 is 4.90 Å². The van der Waals surface area contributed by atoms with Crippen LogP contribution in [0, 0.1) is 0 Å². The minimum atomic E-state index is -0.0454. The first-order valence-electron chi connectivity index (χ1n) is 7.83. The van der Waals surface area contributed by atoms with Gasteiger partial charge in [-0.2, -0.15) is 10.2 Å². The second-order valence-corrected chi connectivity index (χ2v) is 6.94. The fourth-order valence-corrected chi connectivity index (χ4v) is 2.91. The average molecular weight is 301 g/mol. The van der Waals surface area contributed by atoms with Gasteiger partial charge in [-0.05, 0) is 31.4 Å². The molecule has 0 bridgehead atoms. The predicted molar refractivity (Wildman–Crippen MR) is 83.5 cm³/mol. The Labute approximate surface area is 130 Å². The number of aromatic nitrogens is 4. The number of hydrogen-bond donors (Lipinski definition) is 2. The van der Waals surface area contributed by atoms with Crippen LogP contribution in [-0.4, -0.2) is 37.7 Å². The molecule has 0 spiro atoms. The van der Waals surface area contributed by atoms with Gasteiger partial charge in [-0.3, -0.25) is 15.0 Å². The molecule has 1 atom stereocenters. The van der Waals surface area contributed by atoms with E-state index >= 15 is 0 Å². The standard InChI is InChI=1S/C16H23N5O/c1-16(2,3)14-10-12(19-20-14)15(22)21-9-5-4-6-13(21)11-7-8-17-18-11/h7-8,10,13H,4-6,9H2,1-3H3,(H,17,18)(H,19,20)/t13-/m1/s1. The molecule has 6 nitrogen and oxygen atoms in total. The van der Waals surface area contributed by atoms with Crippen molar-refractivity contribution in [1.82, 2.24) is 25.3 Å². The van der Waals surface area contributed by atoms with E-state index in [9.17, 15) is 4.79 Å². The third-order valence-electron chi connectivity index (χ3n) is 4.25. The Kier molecular flexibility index (Phi) is 3.76. The largest absolute Gasteiger partial charge is 0.329 e. The van der Waals surface area contributed by atoms with Crippen LogP contribution in [0.1, 0.15) is 68.0 Å². The zero-order valence-electron chi connectivity index (χ0n) is 13.4. The Morgan fingerprint density at radius 3 is 2.77 bits per heavy atom. The average Bonchev–Trinajstić information content (AvgIpc) is 3.17. The van der Waals surface area contributed by atoms with Crippen LogP contribution in [0.4, 0.5) is 0 Å². The highest BCUT2D eigenvalue weighted by atomic mass is 16.2. The highest BCUT2D eigenvalue weighted by molar-refractivity contribution is 5.92. The Hall–Kier alpha value is -2.11. The molecule has 1 aliphatic heterocycles. The Morgan fingerprint density at radius 1 is 1.32 bits per heavy atom. The topological polar surface area (TPSA) is 77.7 Å². The summed E-state index contributed by atoms with van der Waals surface area (Å²) in [6.07, 6.45) is 4.86. The minimum absolute atomic E-state index is 0.00829. The lowest BCUT2D eigenvalue weighted by Gasteiger charge is -2.34. The summed E-state index contributed by atoms with van der Waals surface area (Å²) < 4.78 is 0. The van der Waals surface area contributed by atoms with Crippen molar-refractivity contribution in [2.24, 2.45) is 0 Å². The summed E-state index contributed by atoms with van der Waals surface area (Å²) in [6.45, 7) is 7.06. The highest BCUT2D eigenvalue weighted by Gasteiger charge is 2.31. The fraction of sp³-hybridized carbons (Fsp3) is 0.562. The molecule has 0 aliphatic carbocycles. The van der Waals surface area contributed by atoms with E-state index in [1.165, 1.54) is 0 Å². The van der Waals surface area contributed by atoms with Crippen LogP contribution < -0.4 is 0 Å². The predicted octanol–water partition coefficient (Wildman–Crippen LogP) is 2.80.